The first-order chi connectivity index (χ1) is 24.6. The van der Waals surface area contributed by atoms with Gasteiger partial charge >= 0.3 is 5.97 Å². The minimum Gasteiger partial charge on any atom is -0.460 e. The molecular weight excluding hydrogens is 641 g/mol. The molecule has 3 saturated carbocycles. The molecule has 4 aromatic rings. The lowest BCUT2D eigenvalue weighted by Crippen LogP contribution is -2.65. The van der Waals surface area contributed by atoms with Gasteiger partial charge in [0, 0.05) is 33.8 Å². The Labute approximate surface area is 309 Å². The van der Waals surface area contributed by atoms with Crippen molar-refractivity contribution < 1.29 is 9.53 Å². The highest BCUT2D eigenvalue weighted by Crippen LogP contribution is 2.77. The van der Waals surface area contributed by atoms with E-state index in [1.165, 1.54) is 46.1 Å². The zero-order valence-corrected chi connectivity index (χ0v) is 32.4. The fourth-order valence-electron chi connectivity index (χ4n) is 13.6. The maximum atomic E-state index is 14.9. The van der Waals surface area contributed by atoms with Crippen LogP contribution in [-0.2, 0) is 28.0 Å². The van der Waals surface area contributed by atoms with Gasteiger partial charge < -0.3 is 15.5 Å². The highest BCUT2D eigenvalue weighted by atomic mass is 16.5. The summed E-state index contributed by atoms with van der Waals surface area (Å²) in [5, 5.41) is 9.27. The van der Waals surface area contributed by atoms with Gasteiger partial charge in [0.05, 0.1) is 5.41 Å². The summed E-state index contributed by atoms with van der Waals surface area (Å²) in [5.41, 5.74) is 15.4. The molecule has 0 saturated heterocycles. The number of hydrogen-bond acceptors (Lipinski definition) is 4. The normalized spacial score (nSPS) is 35.9. The van der Waals surface area contributed by atoms with E-state index >= 15 is 0 Å². The monoisotopic (exact) mass is 698 g/mol. The molecular formula is C46H58N4O2. The van der Waals surface area contributed by atoms with Gasteiger partial charge in [-0.3, -0.25) is 9.89 Å². The maximum Gasteiger partial charge on any atom is 0.313 e. The SMILES string of the molecule is CC1(C)CC[C@]2(C(=O)OCc3ccccc3)CC[C@]3(C)C(=C(c4cccc5[nH]ccc45)CC4[C@@]5(C)Cc6c(N)n[nH]c6C(C)(C)C5CC[C@]43C)C2C1. The van der Waals surface area contributed by atoms with Crippen molar-refractivity contribution >= 4 is 28.3 Å². The predicted molar refractivity (Wildman–Crippen MR) is 209 cm³/mol. The lowest BCUT2D eigenvalue weighted by Gasteiger charge is -2.71. The van der Waals surface area contributed by atoms with Crippen LogP contribution in [0.3, 0.4) is 0 Å². The standard InChI is InChI=1S/C46H58N4O2/c1-41(2)19-21-46(40(51)52-27-28-12-9-8-10-13-28)22-20-45(7)37(33(46)26-41)31(29-14-11-15-34-30(29)17-23-48-34)24-36-43(5)25-32-38(49-50-39(32)47)42(3,4)35(43)16-18-44(36,45)6/h8-15,17,23,33,35-36,48H,16,18-22,24-27H2,1-7H3,(H3,47,49,50)/t33?,35?,36?,43-,44+,45+,46-/m0/s1. The van der Waals surface area contributed by atoms with E-state index in [0.717, 1.165) is 50.5 Å². The molecule has 2 heterocycles. The second-order valence-electron chi connectivity index (χ2n) is 19.7. The van der Waals surface area contributed by atoms with Gasteiger partial charge in [-0.1, -0.05) is 96.5 Å². The van der Waals surface area contributed by atoms with Crippen molar-refractivity contribution in [3.05, 3.63) is 88.8 Å². The van der Waals surface area contributed by atoms with Gasteiger partial charge in [-0.05, 0) is 126 Å². The molecule has 0 radical (unpaired) electrons. The Morgan fingerprint density at radius 2 is 1.67 bits per heavy atom. The Kier molecular flexibility index (Phi) is 7.27. The number of hydrogen-bond donors (Lipinski definition) is 3. The number of aromatic amines is 2. The molecule has 4 N–H and O–H groups in total. The molecule has 6 nitrogen and oxygen atoms in total. The van der Waals surface area contributed by atoms with Crippen molar-refractivity contribution in [1.82, 2.24) is 15.2 Å². The van der Waals surface area contributed by atoms with Crippen LogP contribution >= 0.6 is 0 Å². The van der Waals surface area contributed by atoms with Gasteiger partial charge in [-0.25, -0.2) is 0 Å². The summed E-state index contributed by atoms with van der Waals surface area (Å²) in [7, 11) is 0. The molecule has 0 amide bonds. The van der Waals surface area contributed by atoms with Crippen LogP contribution in [0.4, 0.5) is 5.82 Å². The lowest BCUT2D eigenvalue weighted by atomic mass is 9.32. The Bertz CT molecular complexity index is 2100. The van der Waals surface area contributed by atoms with Gasteiger partial charge in [0.1, 0.15) is 12.4 Å². The third kappa shape index (κ3) is 4.48. The zero-order valence-electron chi connectivity index (χ0n) is 32.4. The number of nitrogen functional groups attached to an aromatic ring is 1. The van der Waals surface area contributed by atoms with Gasteiger partial charge in [0.2, 0.25) is 0 Å². The molecule has 2 aromatic carbocycles. The molecule has 3 unspecified atom stereocenters. The molecule has 52 heavy (non-hydrogen) atoms. The second-order valence-corrected chi connectivity index (χ2v) is 19.7. The lowest BCUT2D eigenvalue weighted by molar-refractivity contribution is -0.181. The van der Waals surface area contributed by atoms with Crippen LogP contribution in [0.5, 0.6) is 0 Å². The Hall–Kier alpha value is -3.80. The average molecular weight is 699 g/mol. The number of allylic oxidation sites excluding steroid dienone is 2. The van der Waals surface area contributed by atoms with Crippen molar-refractivity contribution in [3.8, 4) is 0 Å². The number of carbonyl (C=O) groups excluding carboxylic acids is 1. The summed E-state index contributed by atoms with van der Waals surface area (Å²) in [6.07, 6.45) is 11.2. The summed E-state index contributed by atoms with van der Waals surface area (Å²) in [6, 6.07) is 19.3. The fraction of sp³-hybridized carbons (Fsp3) is 0.565. The van der Waals surface area contributed by atoms with Gasteiger partial charge in [-0.15, -0.1) is 0 Å². The molecule has 7 atom stereocenters. The number of aromatic nitrogens is 3. The maximum absolute atomic E-state index is 14.9. The predicted octanol–water partition coefficient (Wildman–Crippen LogP) is 10.6. The Morgan fingerprint density at radius 3 is 2.46 bits per heavy atom. The number of nitrogens with zero attached hydrogens (tertiary/aromatic N) is 1. The molecule has 5 aliphatic carbocycles. The summed E-state index contributed by atoms with van der Waals surface area (Å²) in [4.78, 5) is 18.4. The number of benzene rings is 2. The smallest absolute Gasteiger partial charge is 0.313 e. The van der Waals surface area contributed by atoms with Crippen molar-refractivity contribution in [3.63, 3.8) is 0 Å². The van der Waals surface area contributed by atoms with Crippen LogP contribution in [-0.4, -0.2) is 21.2 Å². The van der Waals surface area contributed by atoms with E-state index in [1.807, 2.05) is 18.2 Å². The van der Waals surface area contributed by atoms with Crippen LogP contribution in [0.2, 0.25) is 0 Å². The number of ether oxygens (including phenoxy) is 1. The minimum atomic E-state index is -0.520. The van der Waals surface area contributed by atoms with Gasteiger partial charge in [0.25, 0.3) is 0 Å². The van der Waals surface area contributed by atoms with Gasteiger partial charge in [0.15, 0.2) is 0 Å². The largest absolute Gasteiger partial charge is 0.460 e. The van der Waals surface area contributed by atoms with Crippen molar-refractivity contribution in [2.75, 3.05) is 5.73 Å². The van der Waals surface area contributed by atoms with E-state index in [4.69, 9.17) is 10.5 Å². The highest BCUT2D eigenvalue weighted by molar-refractivity contribution is 5.94. The Balaban J connectivity index is 1.25. The quantitative estimate of drug-likeness (QED) is 0.185. The van der Waals surface area contributed by atoms with Crippen LogP contribution < -0.4 is 5.73 Å². The van der Waals surface area contributed by atoms with Crippen LogP contribution in [0, 0.1) is 44.8 Å². The van der Waals surface area contributed by atoms with Crippen molar-refractivity contribution in [2.24, 2.45) is 44.8 Å². The van der Waals surface area contributed by atoms with Crippen LogP contribution in [0.1, 0.15) is 122 Å². The van der Waals surface area contributed by atoms with E-state index in [0.29, 0.717) is 24.3 Å². The van der Waals surface area contributed by atoms with E-state index in [1.54, 1.807) is 5.57 Å². The van der Waals surface area contributed by atoms with E-state index in [2.05, 4.69) is 106 Å². The fourth-order valence-corrected chi connectivity index (χ4v) is 13.6. The van der Waals surface area contributed by atoms with Crippen molar-refractivity contribution in [1.29, 1.82) is 0 Å². The van der Waals surface area contributed by atoms with E-state index in [-0.39, 0.29) is 39.0 Å². The first-order valence-corrected chi connectivity index (χ1v) is 20.0. The molecule has 2 aromatic heterocycles. The number of rotatable bonds is 4. The zero-order chi connectivity index (χ0) is 36.5. The average Bonchev–Trinajstić information content (AvgIpc) is 3.74. The minimum absolute atomic E-state index is 0.0190. The summed E-state index contributed by atoms with van der Waals surface area (Å²) in [5.74, 6) is 1.76. The van der Waals surface area contributed by atoms with Crippen LogP contribution in [0.15, 0.2) is 66.4 Å². The summed E-state index contributed by atoms with van der Waals surface area (Å²) < 4.78 is 6.40. The first kappa shape index (κ1) is 34.0. The molecule has 0 spiro atoms. The molecule has 0 aliphatic heterocycles. The number of nitrogens with two attached hydrogens (primary N) is 1. The molecule has 5 aliphatic rings. The van der Waals surface area contributed by atoms with Gasteiger partial charge in [-0.2, -0.15) is 5.10 Å². The first-order valence-electron chi connectivity index (χ1n) is 20.0. The molecule has 9 rings (SSSR count). The molecule has 0 bridgehead atoms. The summed E-state index contributed by atoms with van der Waals surface area (Å²) in [6.45, 7) is 18.0. The molecule has 274 valence electrons. The number of fused-ring (bicyclic) bond motifs is 9. The van der Waals surface area contributed by atoms with E-state index in [9.17, 15) is 4.79 Å². The third-order valence-corrected chi connectivity index (χ3v) is 16.5. The molecule has 6 heteroatoms. The topological polar surface area (TPSA) is 96.8 Å². The molecule has 3 fully saturated rings. The summed E-state index contributed by atoms with van der Waals surface area (Å²) >= 11 is 0. The number of H-pyrrole nitrogens is 2. The number of esters is 1. The highest BCUT2D eigenvalue weighted by Gasteiger charge is 2.70. The van der Waals surface area contributed by atoms with Crippen LogP contribution in [0.25, 0.3) is 16.5 Å². The number of carbonyl (C=O) groups is 1. The Morgan fingerprint density at radius 1 is 0.904 bits per heavy atom. The van der Waals surface area contributed by atoms with E-state index < -0.39 is 5.41 Å². The second kappa shape index (κ2) is 11.1. The number of anilines is 1. The third-order valence-electron chi connectivity index (χ3n) is 16.5. The van der Waals surface area contributed by atoms with Crippen molar-refractivity contribution in [2.45, 2.75) is 118 Å². The number of nitrogens with one attached hydrogen (secondary N) is 2.